The van der Waals surface area contributed by atoms with E-state index in [1.54, 1.807) is 33.9 Å². The van der Waals surface area contributed by atoms with Crippen molar-refractivity contribution in [2.75, 3.05) is 17.7 Å². The van der Waals surface area contributed by atoms with Crippen molar-refractivity contribution in [2.45, 2.75) is 26.4 Å². The molecule has 1 aromatic heterocycles. The molecule has 0 bridgehead atoms. The Kier molecular flexibility index (Phi) is 4.17. The summed E-state index contributed by atoms with van der Waals surface area (Å²) in [4.78, 5) is 15.5. The molecule has 0 aliphatic carbocycles. The zero-order valence-electron chi connectivity index (χ0n) is 10.3. The van der Waals surface area contributed by atoms with Crippen LogP contribution in [0, 0.1) is 0 Å². The summed E-state index contributed by atoms with van der Waals surface area (Å²) in [6.07, 6.45) is 0.912. The standard InChI is InChI=1S/C11H16ClN3O2/c1-11(2,3)17-10(16)15-9-5-8(13-4)7(12)6-14-9/h5-6H,1-4H3,(H2,13,14,15,16). The third kappa shape index (κ3) is 4.48. The molecule has 5 nitrogen and oxygen atoms in total. The number of nitrogens with zero attached hydrogens (tertiary/aromatic N) is 1. The number of carbonyl (C=O) groups is 1. The first-order valence-corrected chi connectivity index (χ1v) is 5.53. The van der Waals surface area contributed by atoms with E-state index in [2.05, 4.69) is 15.6 Å². The lowest BCUT2D eigenvalue weighted by Gasteiger charge is -2.19. The van der Waals surface area contributed by atoms with Crippen molar-refractivity contribution < 1.29 is 9.53 Å². The first-order chi connectivity index (χ1) is 7.81. The fourth-order valence-corrected chi connectivity index (χ4v) is 1.30. The van der Waals surface area contributed by atoms with Gasteiger partial charge in [0.25, 0.3) is 0 Å². The van der Waals surface area contributed by atoms with E-state index in [0.29, 0.717) is 16.5 Å². The van der Waals surface area contributed by atoms with Crippen LogP contribution in [0.4, 0.5) is 16.3 Å². The number of amides is 1. The van der Waals surface area contributed by atoms with Gasteiger partial charge in [-0.15, -0.1) is 0 Å². The predicted molar refractivity (Wildman–Crippen MR) is 68.7 cm³/mol. The highest BCUT2D eigenvalue weighted by atomic mass is 35.5. The van der Waals surface area contributed by atoms with E-state index in [1.807, 2.05) is 0 Å². The molecule has 2 N–H and O–H groups in total. The van der Waals surface area contributed by atoms with Gasteiger partial charge in [0.2, 0.25) is 0 Å². The van der Waals surface area contributed by atoms with E-state index >= 15 is 0 Å². The average molecular weight is 258 g/mol. The summed E-state index contributed by atoms with van der Waals surface area (Å²) in [7, 11) is 1.73. The fourth-order valence-electron chi connectivity index (χ4n) is 1.11. The van der Waals surface area contributed by atoms with Crippen molar-refractivity contribution >= 4 is 29.2 Å². The highest BCUT2D eigenvalue weighted by Gasteiger charge is 2.16. The van der Waals surface area contributed by atoms with Crippen molar-refractivity contribution in [2.24, 2.45) is 0 Å². The van der Waals surface area contributed by atoms with Gasteiger partial charge in [-0.3, -0.25) is 5.32 Å². The number of pyridine rings is 1. The molecule has 0 atom stereocenters. The molecule has 17 heavy (non-hydrogen) atoms. The topological polar surface area (TPSA) is 63.2 Å². The second-order valence-electron chi connectivity index (χ2n) is 4.43. The molecular formula is C11H16ClN3O2. The van der Waals surface area contributed by atoms with Crippen LogP contribution in [0.25, 0.3) is 0 Å². The molecule has 0 aliphatic rings. The third-order valence-electron chi connectivity index (χ3n) is 1.75. The number of nitrogens with one attached hydrogen (secondary N) is 2. The number of anilines is 2. The lowest BCUT2D eigenvalue weighted by atomic mass is 10.2. The number of hydrogen-bond donors (Lipinski definition) is 2. The summed E-state index contributed by atoms with van der Waals surface area (Å²) in [6, 6.07) is 1.63. The van der Waals surface area contributed by atoms with Crippen molar-refractivity contribution in [3.8, 4) is 0 Å². The zero-order valence-corrected chi connectivity index (χ0v) is 11.1. The highest BCUT2D eigenvalue weighted by molar-refractivity contribution is 6.33. The zero-order chi connectivity index (χ0) is 13.1. The molecule has 0 spiro atoms. The Morgan fingerprint density at radius 1 is 1.47 bits per heavy atom. The van der Waals surface area contributed by atoms with Crippen LogP contribution < -0.4 is 10.6 Å². The monoisotopic (exact) mass is 257 g/mol. The Morgan fingerprint density at radius 3 is 2.65 bits per heavy atom. The number of aromatic nitrogens is 1. The third-order valence-corrected chi connectivity index (χ3v) is 2.05. The summed E-state index contributed by atoms with van der Waals surface area (Å²) in [6.45, 7) is 5.38. The quantitative estimate of drug-likeness (QED) is 0.854. The Bertz CT molecular complexity index is 416. The van der Waals surface area contributed by atoms with Gasteiger partial charge in [-0.1, -0.05) is 11.6 Å². The molecule has 1 rings (SSSR count). The lowest BCUT2D eigenvalue weighted by Crippen LogP contribution is -2.27. The first-order valence-electron chi connectivity index (χ1n) is 5.15. The van der Waals surface area contributed by atoms with Crippen molar-refractivity contribution in [1.82, 2.24) is 4.98 Å². The number of hydrogen-bond acceptors (Lipinski definition) is 4. The van der Waals surface area contributed by atoms with E-state index in [0.717, 1.165) is 0 Å². The average Bonchev–Trinajstić information content (AvgIpc) is 2.18. The molecule has 0 fully saturated rings. The Hall–Kier alpha value is -1.49. The lowest BCUT2D eigenvalue weighted by molar-refractivity contribution is 0.0635. The molecular weight excluding hydrogens is 242 g/mol. The van der Waals surface area contributed by atoms with Crippen LogP contribution >= 0.6 is 11.6 Å². The minimum atomic E-state index is -0.547. The van der Waals surface area contributed by atoms with Crippen LogP contribution in [0.1, 0.15) is 20.8 Å². The van der Waals surface area contributed by atoms with Gasteiger partial charge in [0, 0.05) is 13.1 Å². The number of halogens is 1. The Morgan fingerprint density at radius 2 is 2.12 bits per heavy atom. The molecule has 6 heteroatoms. The molecule has 0 aliphatic heterocycles. The van der Waals surface area contributed by atoms with E-state index in [9.17, 15) is 4.79 Å². The van der Waals surface area contributed by atoms with Gasteiger partial charge in [-0.25, -0.2) is 9.78 Å². The summed E-state index contributed by atoms with van der Waals surface area (Å²) >= 11 is 5.87. The highest BCUT2D eigenvalue weighted by Crippen LogP contribution is 2.22. The molecule has 0 aromatic carbocycles. The van der Waals surface area contributed by atoms with E-state index in [4.69, 9.17) is 16.3 Å². The fraction of sp³-hybridized carbons (Fsp3) is 0.455. The Labute approximate surface area is 106 Å². The largest absolute Gasteiger partial charge is 0.444 e. The number of rotatable bonds is 2. The van der Waals surface area contributed by atoms with E-state index in [1.165, 1.54) is 6.20 Å². The van der Waals surface area contributed by atoms with Crippen LogP contribution in [0.5, 0.6) is 0 Å². The van der Waals surface area contributed by atoms with Crippen molar-refractivity contribution in [1.29, 1.82) is 0 Å². The Balaban J connectivity index is 2.72. The summed E-state index contributed by atoms with van der Waals surface area (Å²) in [5, 5.41) is 5.91. The maximum absolute atomic E-state index is 11.5. The van der Waals surface area contributed by atoms with Crippen LogP contribution in [-0.4, -0.2) is 23.7 Å². The van der Waals surface area contributed by atoms with Crippen molar-refractivity contribution in [3.05, 3.63) is 17.3 Å². The maximum atomic E-state index is 11.5. The van der Waals surface area contributed by atoms with Crippen LogP contribution in [0.3, 0.4) is 0 Å². The van der Waals surface area contributed by atoms with Gasteiger partial charge in [-0.2, -0.15) is 0 Å². The van der Waals surface area contributed by atoms with Gasteiger partial charge < -0.3 is 10.1 Å². The molecule has 0 radical (unpaired) electrons. The van der Waals surface area contributed by atoms with E-state index in [-0.39, 0.29) is 0 Å². The maximum Gasteiger partial charge on any atom is 0.413 e. The molecule has 1 amide bonds. The molecule has 94 valence electrons. The minimum Gasteiger partial charge on any atom is -0.444 e. The SMILES string of the molecule is CNc1cc(NC(=O)OC(C)(C)C)ncc1Cl. The summed E-state index contributed by atoms with van der Waals surface area (Å²) < 4.78 is 5.10. The first kappa shape index (κ1) is 13.6. The van der Waals surface area contributed by atoms with Crippen LogP contribution in [0.15, 0.2) is 12.3 Å². The molecule has 0 saturated heterocycles. The van der Waals surface area contributed by atoms with Gasteiger partial charge in [-0.05, 0) is 20.8 Å². The van der Waals surface area contributed by atoms with Gasteiger partial charge in [0.05, 0.1) is 16.9 Å². The number of ether oxygens (including phenoxy) is 1. The van der Waals surface area contributed by atoms with Gasteiger partial charge >= 0.3 is 6.09 Å². The van der Waals surface area contributed by atoms with Crippen molar-refractivity contribution in [3.63, 3.8) is 0 Å². The minimum absolute atomic E-state index is 0.382. The second kappa shape index (κ2) is 5.23. The van der Waals surface area contributed by atoms with E-state index < -0.39 is 11.7 Å². The van der Waals surface area contributed by atoms with Crippen LogP contribution in [0.2, 0.25) is 5.02 Å². The molecule has 0 saturated carbocycles. The van der Waals surface area contributed by atoms with Gasteiger partial charge in [0.1, 0.15) is 11.4 Å². The van der Waals surface area contributed by atoms with Crippen LogP contribution in [-0.2, 0) is 4.74 Å². The van der Waals surface area contributed by atoms with Gasteiger partial charge in [0.15, 0.2) is 0 Å². The smallest absolute Gasteiger partial charge is 0.413 e. The normalized spacial score (nSPS) is 10.9. The summed E-state index contributed by atoms with van der Waals surface area (Å²) in [5.41, 5.74) is 0.148. The molecule has 0 unspecified atom stereocenters. The summed E-state index contributed by atoms with van der Waals surface area (Å²) in [5.74, 6) is 0.382. The number of carbonyl (C=O) groups excluding carboxylic acids is 1. The second-order valence-corrected chi connectivity index (χ2v) is 4.83. The molecule has 1 aromatic rings. The predicted octanol–water partition coefficient (Wildman–Crippen LogP) is 3.12. The molecule has 1 heterocycles.